The molecular formula is C24H31NO4S. The molecule has 1 heterocycles. The fraction of sp³-hybridized carbons (Fsp3) is 0.458. The van der Waals surface area contributed by atoms with E-state index in [-0.39, 0.29) is 17.9 Å². The molecule has 30 heavy (non-hydrogen) atoms. The van der Waals surface area contributed by atoms with E-state index in [1.165, 1.54) is 4.31 Å². The molecule has 2 atom stereocenters. The minimum Gasteiger partial charge on any atom is -0.480 e. The maximum Gasteiger partial charge on any atom is 0.325 e. The molecular weight excluding hydrogens is 398 g/mol. The quantitative estimate of drug-likeness (QED) is 0.689. The Morgan fingerprint density at radius 1 is 1.10 bits per heavy atom. The van der Waals surface area contributed by atoms with Gasteiger partial charge in [-0.1, -0.05) is 74.7 Å². The van der Waals surface area contributed by atoms with Gasteiger partial charge in [-0.05, 0) is 49.3 Å². The van der Waals surface area contributed by atoms with Crippen LogP contribution >= 0.6 is 0 Å². The van der Waals surface area contributed by atoms with Crippen LogP contribution in [0.3, 0.4) is 0 Å². The minimum atomic E-state index is -3.94. The third-order valence-electron chi connectivity index (χ3n) is 6.45. The zero-order valence-electron chi connectivity index (χ0n) is 18.0. The number of carbonyl (C=O) groups is 1. The van der Waals surface area contributed by atoms with E-state index in [4.69, 9.17) is 0 Å². The van der Waals surface area contributed by atoms with Crippen molar-refractivity contribution < 1.29 is 18.3 Å². The van der Waals surface area contributed by atoms with Crippen LogP contribution in [0, 0.1) is 6.92 Å². The Balaban J connectivity index is 2.10. The van der Waals surface area contributed by atoms with Crippen LogP contribution in [0.25, 0.3) is 0 Å². The van der Waals surface area contributed by atoms with E-state index in [0.717, 1.165) is 17.5 Å². The standard InChI is InChI=1S/C24H31NO4S/c1-4-5-15-24(22(26)27)18-23(3,20-9-7-6-8-10-20)16-17-25(24)30(28,29)21-13-11-19(2)12-14-21/h6-14H,4-5,15-18H2,1-3H3,(H,26,27). The summed E-state index contributed by atoms with van der Waals surface area (Å²) < 4.78 is 28.5. The fourth-order valence-corrected chi connectivity index (χ4v) is 6.39. The first-order valence-corrected chi connectivity index (χ1v) is 12.0. The predicted octanol–water partition coefficient (Wildman–Crippen LogP) is 4.75. The molecule has 5 nitrogen and oxygen atoms in total. The first-order chi connectivity index (χ1) is 14.2. The first-order valence-electron chi connectivity index (χ1n) is 10.5. The zero-order valence-corrected chi connectivity index (χ0v) is 18.8. The monoisotopic (exact) mass is 429 g/mol. The smallest absolute Gasteiger partial charge is 0.325 e. The highest BCUT2D eigenvalue weighted by atomic mass is 32.2. The number of rotatable bonds is 7. The maximum absolute atomic E-state index is 13.6. The van der Waals surface area contributed by atoms with Crippen molar-refractivity contribution in [2.24, 2.45) is 0 Å². The van der Waals surface area contributed by atoms with Gasteiger partial charge < -0.3 is 5.11 Å². The lowest BCUT2D eigenvalue weighted by molar-refractivity contribution is -0.152. The molecule has 0 spiro atoms. The Labute approximate surface area is 179 Å². The third kappa shape index (κ3) is 4.03. The number of benzene rings is 2. The van der Waals surface area contributed by atoms with Crippen molar-refractivity contribution in [1.82, 2.24) is 4.31 Å². The Hall–Kier alpha value is -2.18. The first kappa shape index (κ1) is 22.5. The van der Waals surface area contributed by atoms with E-state index in [1.807, 2.05) is 44.2 Å². The maximum atomic E-state index is 13.6. The number of carboxylic acid groups (broad SMARTS) is 1. The molecule has 2 aromatic rings. The molecule has 3 rings (SSSR count). The van der Waals surface area contributed by atoms with Crippen LogP contribution in [-0.4, -0.2) is 35.9 Å². The van der Waals surface area contributed by atoms with Crippen LogP contribution in [-0.2, 0) is 20.2 Å². The highest BCUT2D eigenvalue weighted by molar-refractivity contribution is 7.89. The Morgan fingerprint density at radius 2 is 1.73 bits per heavy atom. The van der Waals surface area contributed by atoms with E-state index in [1.54, 1.807) is 24.3 Å². The lowest BCUT2D eigenvalue weighted by Gasteiger charge is -2.50. The van der Waals surface area contributed by atoms with Crippen molar-refractivity contribution in [2.45, 2.75) is 68.7 Å². The molecule has 2 aromatic carbocycles. The van der Waals surface area contributed by atoms with Crippen LogP contribution in [0.2, 0.25) is 0 Å². The average molecular weight is 430 g/mol. The molecule has 1 aliphatic rings. The van der Waals surface area contributed by atoms with E-state index in [9.17, 15) is 18.3 Å². The number of aryl methyl sites for hydroxylation is 1. The largest absolute Gasteiger partial charge is 0.480 e. The summed E-state index contributed by atoms with van der Waals surface area (Å²) in [6.07, 6.45) is 2.58. The summed E-state index contributed by atoms with van der Waals surface area (Å²) in [6.45, 7) is 6.12. The summed E-state index contributed by atoms with van der Waals surface area (Å²) in [7, 11) is -3.94. The summed E-state index contributed by atoms with van der Waals surface area (Å²) >= 11 is 0. The van der Waals surface area contributed by atoms with Gasteiger partial charge in [0.15, 0.2) is 0 Å². The molecule has 2 unspecified atom stereocenters. The second-order valence-electron chi connectivity index (χ2n) is 8.68. The molecule has 0 bridgehead atoms. The van der Waals surface area contributed by atoms with Crippen molar-refractivity contribution in [3.63, 3.8) is 0 Å². The molecule has 6 heteroatoms. The number of hydrogen-bond acceptors (Lipinski definition) is 3. The van der Waals surface area contributed by atoms with Crippen molar-refractivity contribution in [2.75, 3.05) is 6.54 Å². The Bertz CT molecular complexity index is 988. The predicted molar refractivity (Wildman–Crippen MR) is 118 cm³/mol. The van der Waals surface area contributed by atoms with Crippen LogP contribution in [0.4, 0.5) is 0 Å². The number of nitrogens with zero attached hydrogens (tertiary/aromatic N) is 1. The van der Waals surface area contributed by atoms with Gasteiger partial charge in [-0.15, -0.1) is 0 Å². The average Bonchev–Trinajstić information content (AvgIpc) is 2.73. The van der Waals surface area contributed by atoms with Gasteiger partial charge in [-0.3, -0.25) is 4.79 Å². The molecule has 0 radical (unpaired) electrons. The van der Waals surface area contributed by atoms with Crippen LogP contribution < -0.4 is 0 Å². The number of hydrogen-bond donors (Lipinski definition) is 1. The third-order valence-corrected chi connectivity index (χ3v) is 8.43. The van der Waals surface area contributed by atoms with Gasteiger partial charge in [0.25, 0.3) is 0 Å². The second kappa shape index (κ2) is 8.52. The Morgan fingerprint density at radius 3 is 2.30 bits per heavy atom. The number of aliphatic carboxylic acids is 1. The van der Waals surface area contributed by atoms with Gasteiger partial charge >= 0.3 is 5.97 Å². The van der Waals surface area contributed by atoms with Crippen LogP contribution in [0.1, 0.15) is 57.1 Å². The number of unbranched alkanes of at least 4 members (excludes halogenated alkanes) is 1. The van der Waals surface area contributed by atoms with E-state index in [2.05, 4.69) is 6.92 Å². The SMILES string of the molecule is CCCCC1(C(=O)O)CC(C)(c2ccccc2)CCN1S(=O)(=O)c1ccc(C)cc1. The lowest BCUT2D eigenvalue weighted by Crippen LogP contribution is -2.63. The van der Waals surface area contributed by atoms with Gasteiger partial charge in [0.05, 0.1) is 4.90 Å². The highest BCUT2D eigenvalue weighted by Crippen LogP contribution is 2.47. The highest BCUT2D eigenvalue weighted by Gasteiger charge is 2.56. The van der Waals surface area contributed by atoms with Crippen molar-refractivity contribution in [3.05, 3.63) is 65.7 Å². The van der Waals surface area contributed by atoms with Crippen molar-refractivity contribution >= 4 is 16.0 Å². The summed E-state index contributed by atoms with van der Waals surface area (Å²) in [5.41, 5.74) is 0.133. The molecule has 162 valence electrons. The summed E-state index contributed by atoms with van der Waals surface area (Å²) in [5, 5.41) is 10.4. The summed E-state index contributed by atoms with van der Waals surface area (Å²) in [5.74, 6) is -1.06. The van der Waals surface area contributed by atoms with Crippen molar-refractivity contribution in [3.8, 4) is 0 Å². The van der Waals surface area contributed by atoms with Gasteiger partial charge in [0, 0.05) is 6.54 Å². The molecule has 1 N–H and O–H groups in total. The van der Waals surface area contributed by atoms with E-state index >= 15 is 0 Å². The Kier molecular flexibility index (Phi) is 6.39. The lowest BCUT2D eigenvalue weighted by atomic mass is 9.66. The van der Waals surface area contributed by atoms with E-state index < -0.39 is 26.9 Å². The number of carboxylic acids is 1. The van der Waals surface area contributed by atoms with Gasteiger partial charge in [-0.25, -0.2) is 8.42 Å². The van der Waals surface area contributed by atoms with E-state index in [0.29, 0.717) is 19.3 Å². The second-order valence-corrected chi connectivity index (χ2v) is 10.5. The van der Waals surface area contributed by atoms with Crippen LogP contribution in [0.15, 0.2) is 59.5 Å². The molecule has 1 fully saturated rings. The molecule has 0 aromatic heterocycles. The number of piperidine rings is 1. The fourth-order valence-electron chi connectivity index (χ4n) is 4.63. The molecule has 1 aliphatic heterocycles. The number of sulfonamides is 1. The van der Waals surface area contributed by atoms with Crippen LogP contribution in [0.5, 0.6) is 0 Å². The van der Waals surface area contributed by atoms with Crippen molar-refractivity contribution in [1.29, 1.82) is 0 Å². The molecule has 0 amide bonds. The summed E-state index contributed by atoms with van der Waals surface area (Å²) in [6, 6.07) is 16.5. The topological polar surface area (TPSA) is 74.7 Å². The normalized spacial score (nSPS) is 25.2. The van der Waals surface area contributed by atoms with Gasteiger partial charge in [-0.2, -0.15) is 4.31 Å². The molecule has 1 saturated heterocycles. The molecule has 0 saturated carbocycles. The minimum absolute atomic E-state index is 0.151. The van der Waals surface area contributed by atoms with Gasteiger partial charge in [0.2, 0.25) is 10.0 Å². The van der Waals surface area contributed by atoms with Gasteiger partial charge in [0.1, 0.15) is 5.54 Å². The zero-order chi connectivity index (χ0) is 22.0. The molecule has 0 aliphatic carbocycles. The summed E-state index contributed by atoms with van der Waals surface area (Å²) in [4.78, 5) is 12.9.